The minimum absolute atomic E-state index is 0.180. The van der Waals surface area contributed by atoms with Gasteiger partial charge >= 0.3 is 0 Å². The average molecular weight is 495 g/mol. The molecule has 186 valence electrons. The highest BCUT2D eigenvalue weighted by Gasteiger charge is 2.35. The monoisotopic (exact) mass is 494 g/mol. The van der Waals surface area contributed by atoms with E-state index < -0.39 is 10.0 Å². The van der Waals surface area contributed by atoms with E-state index in [9.17, 15) is 8.42 Å². The third kappa shape index (κ3) is 5.53. The van der Waals surface area contributed by atoms with Crippen molar-refractivity contribution in [1.82, 2.24) is 9.62 Å². The van der Waals surface area contributed by atoms with Crippen LogP contribution in [0.15, 0.2) is 65.6 Å². The van der Waals surface area contributed by atoms with E-state index in [1.165, 1.54) is 11.1 Å². The van der Waals surface area contributed by atoms with E-state index in [-0.39, 0.29) is 17.0 Å². The molecule has 3 aromatic rings. The number of hydrogen-bond acceptors (Lipinski definition) is 5. The van der Waals surface area contributed by atoms with Crippen molar-refractivity contribution < 1.29 is 17.9 Å². The fourth-order valence-corrected chi connectivity index (χ4v) is 6.06. The number of nitrogens with zero attached hydrogens (tertiary/aromatic N) is 1. The summed E-state index contributed by atoms with van der Waals surface area (Å²) in [5, 5.41) is 0. The van der Waals surface area contributed by atoms with Gasteiger partial charge in [0.05, 0.1) is 25.2 Å². The molecule has 0 unspecified atom stereocenters. The number of nitrogens with one attached hydrogen (secondary N) is 1. The maximum absolute atomic E-state index is 13.3. The Bertz CT molecular complexity index is 1270. The minimum Gasteiger partial charge on any atom is -0.493 e. The summed E-state index contributed by atoms with van der Waals surface area (Å²) in [7, 11) is -0.439. The minimum atomic E-state index is -3.69. The number of benzene rings is 3. The van der Waals surface area contributed by atoms with Gasteiger partial charge in [0.1, 0.15) is 0 Å². The Morgan fingerprint density at radius 3 is 2.11 bits per heavy atom. The lowest BCUT2D eigenvalue weighted by Gasteiger charge is -2.41. The highest BCUT2D eigenvalue weighted by Crippen LogP contribution is 2.40. The van der Waals surface area contributed by atoms with Crippen molar-refractivity contribution >= 4 is 10.0 Å². The molecule has 0 radical (unpaired) electrons. The topological polar surface area (TPSA) is 67.9 Å². The second kappa shape index (κ2) is 10.4. The van der Waals surface area contributed by atoms with Crippen LogP contribution in [0, 0.1) is 13.8 Å². The van der Waals surface area contributed by atoms with E-state index in [2.05, 4.69) is 40.8 Å². The van der Waals surface area contributed by atoms with Crippen LogP contribution >= 0.6 is 0 Å². The number of fused-ring (bicyclic) bond motifs is 1. The van der Waals surface area contributed by atoms with Gasteiger partial charge in [0.25, 0.3) is 0 Å². The molecule has 3 aromatic carbocycles. The largest absolute Gasteiger partial charge is 0.493 e. The normalized spacial score (nSPS) is 17.0. The number of rotatable bonds is 8. The zero-order valence-electron chi connectivity index (χ0n) is 21.0. The Hall–Kier alpha value is -2.87. The van der Waals surface area contributed by atoms with E-state index >= 15 is 0 Å². The Morgan fingerprint density at radius 2 is 1.51 bits per heavy atom. The van der Waals surface area contributed by atoms with Gasteiger partial charge in [-0.05, 0) is 68.1 Å². The molecular weight excluding hydrogens is 460 g/mol. The fraction of sp³-hybridized carbons (Fsp3) is 0.357. The smallest absolute Gasteiger partial charge is 0.240 e. The first-order valence-electron chi connectivity index (χ1n) is 11.8. The lowest BCUT2D eigenvalue weighted by Crippen LogP contribution is -2.47. The molecule has 0 saturated heterocycles. The first kappa shape index (κ1) is 25.2. The zero-order chi connectivity index (χ0) is 25.2. The van der Waals surface area contributed by atoms with Gasteiger partial charge in [-0.15, -0.1) is 0 Å². The maximum atomic E-state index is 13.3. The van der Waals surface area contributed by atoms with E-state index in [1.807, 2.05) is 38.1 Å². The SMILES string of the molecule is COc1cc2c(cc1OC)[C@@H]([C@H](C)NS(=O)(=O)c1ccc(C)cc1)N(Cc1ccc(C)cc1)CC2. The summed E-state index contributed by atoms with van der Waals surface area (Å²) in [5.41, 5.74) is 5.63. The van der Waals surface area contributed by atoms with Crippen molar-refractivity contribution in [3.05, 3.63) is 88.5 Å². The Kier molecular flexibility index (Phi) is 7.50. The van der Waals surface area contributed by atoms with Crippen LogP contribution in [0.25, 0.3) is 0 Å². The summed E-state index contributed by atoms with van der Waals surface area (Å²) in [6, 6.07) is 18.9. The van der Waals surface area contributed by atoms with E-state index in [0.29, 0.717) is 11.5 Å². The van der Waals surface area contributed by atoms with Gasteiger partial charge in [-0.25, -0.2) is 13.1 Å². The van der Waals surface area contributed by atoms with Crippen LogP contribution in [0.5, 0.6) is 11.5 Å². The molecule has 0 amide bonds. The van der Waals surface area contributed by atoms with Gasteiger partial charge < -0.3 is 9.47 Å². The van der Waals surface area contributed by atoms with Gasteiger partial charge in [0, 0.05) is 19.1 Å². The molecule has 1 aliphatic rings. The summed E-state index contributed by atoms with van der Waals surface area (Å²) in [5.74, 6) is 1.33. The van der Waals surface area contributed by atoms with Gasteiger partial charge in [-0.2, -0.15) is 0 Å². The second-order valence-corrected chi connectivity index (χ2v) is 11.0. The first-order chi connectivity index (χ1) is 16.7. The maximum Gasteiger partial charge on any atom is 0.240 e. The second-order valence-electron chi connectivity index (χ2n) is 9.28. The Labute approximate surface area is 208 Å². The number of methoxy groups -OCH3 is 2. The molecule has 0 bridgehead atoms. The molecule has 0 fully saturated rings. The van der Waals surface area contributed by atoms with Crippen LogP contribution in [0.3, 0.4) is 0 Å². The van der Waals surface area contributed by atoms with E-state index in [0.717, 1.165) is 36.2 Å². The Morgan fingerprint density at radius 1 is 0.943 bits per heavy atom. The molecule has 35 heavy (non-hydrogen) atoms. The van der Waals surface area contributed by atoms with Crippen molar-refractivity contribution in [2.24, 2.45) is 0 Å². The third-order valence-corrected chi connectivity index (χ3v) is 8.25. The van der Waals surface area contributed by atoms with Crippen LogP contribution in [0.4, 0.5) is 0 Å². The van der Waals surface area contributed by atoms with Gasteiger partial charge in [-0.3, -0.25) is 4.90 Å². The summed E-state index contributed by atoms with van der Waals surface area (Å²) < 4.78 is 40.6. The number of aryl methyl sites for hydroxylation is 2. The summed E-state index contributed by atoms with van der Waals surface area (Å²) in [6.45, 7) is 7.47. The fourth-order valence-electron chi connectivity index (χ4n) is 4.81. The van der Waals surface area contributed by atoms with Gasteiger partial charge in [-0.1, -0.05) is 47.5 Å². The third-order valence-electron chi connectivity index (χ3n) is 6.68. The molecule has 0 aromatic heterocycles. The van der Waals surface area contributed by atoms with Gasteiger partial charge in [0.15, 0.2) is 11.5 Å². The van der Waals surface area contributed by atoms with Crippen molar-refractivity contribution in [2.45, 2.75) is 50.7 Å². The van der Waals surface area contributed by atoms with Crippen LogP contribution in [-0.4, -0.2) is 40.1 Å². The van der Waals surface area contributed by atoms with Crippen LogP contribution in [-0.2, 0) is 23.0 Å². The van der Waals surface area contributed by atoms with Crippen molar-refractivity contribution in [3.63, 3.8) is 0 Å². The number of sulfonamides is 1. The van der Waals surface area contributed by atoms with Crippen molar-refractivity contribution in [2.75, 3.05) is 20.8 Å². The first-order valence-corrected chi connectivity index (χ1v) is 13.3. The highest BCUT2D eigenvalue weighted by atomic mass is 32.2. The summed E-state index contributed by atoms with van der Waals surface area (Å²) in [4.78, 5) is 2.62. The molecule has 6 nitrogen and oxygen atoms in total. The molecule has 2 atom stereocenters. The Balaban J connectivity index is 1.71. The summed E-state index contributed by atoms with van der Waals surface area (Å²) in [6.07, 6.45) is 0.843. The molecule has 1 N–H and O–H groups in total. The molecule has 4 rings (SSSR count). The molecule has 1 heterocycles. The summed E-state index contributed by atoms with van der Waals surface area (Å²) >= 11 is 0. The molecular formula is C28H34N2O4S. The highest BCUT2D eigenvalue weighted by molar-refractivity contribution is 7.89. The van der Waals surface area contributed by atoms with Crippen molar-refractivity contribution in [1.29, 1.82) is 0 Å². The van der Waals surface area contributed by atoms with Crippen LogP contribution in [0.1, 0.15) is 40.8 Å². The van der Waals surface area contributed by atoms with E-state index in [1.54, 1.807) is 26.4 Å². The molecule has 0 saturated carbocycles. The molecule has 0 spiro atoms. The predicted octanol–water partition coefficient (Wildman–Crippen LogP) is 4.79. The quantitative estimate of drug-likeness (QED) is 0.488. The predicted molar refractivity (Wildman–Crippen MR) is 139 cm³/mol. The molecule has 1 aliphatic heterocycles. The van der Waals surface area contributed by atoms with Gasteiger partial charge in [0.2, 0.25) is 10.0 Å². The molecule has 0 aliphatic carbocycles. The zero-order valence-corrected chi connectivity index (χ0v) is 21.9. The van der Waals surface area contributed by atoms with E-state index in [4.69, 9.17) is 9.47 Å². The average Bonchev–Trinajstić information content (AvgIpc) is 2.84. The standard InChI is InChI=1S/C28H34N2O4S/c1-19-6-10-22(11-7-19)18-30-15-14-23-16-26(33-4)27(34-5)17-25(23)28(30)21(3)29-35(31,32)24-12-8-20(2)9-13-24/h6-13,16-17,21,28-29H,14-15,18H2,1-5H3/t21-,28+/m0/s1. The van der Waals surface area contributed by atoms with Crippen LogP contribution in [0.2, 0.25) is 0 Å². The molecule has 7 heteroatoms. The lowest BCUT2D eigenvalue weighted by atomic mass is 9.88. The lowest BCUT2D eigenvalue weighted by molar-refractivity contribution is 0.150. The number of hydrogen-bond donors (Lipinski definition) is 1. The van der Waals surface area contributed by atoms with Crippen LogP contribution < -0.4 is 14.2 Å². The van der Waals surface area contributed by atoms with Crippen molar-refractivity contribution in [3.8, 4) is 11.5 Å². The number of ether oxygens (including phenoxy) is 2.